The van der Waals surface area contributed by atoms with Crippen LogP contribution < -0.4 is 5.56 Å². The van der Waals surface area contributed by atoms with Gasteiger partial charge in [-0.25, -0.2) is 4.98 Å². The standard InChI is InChI=1S/C17H19ClN2O3S/c1-23-15(21)10-24-17-19-14-9-11(18)7-8-13(14)16(22)20(17)12-5-3-2-4-6-12/h7-9,12H,2-6,10H2,1H3. The van der Waals surface area contributed by atoms with Gasteiger partial charge < -0.3 is 4.74 Å². The van der Waals surface area contributed by atoms with E-state index in [1.165, 1.54) is 25.3 Å². The molecule has 0 spiro atoms. The Bertz CT molecular complexity index is 815. The first-order chi connectivity index (χ1) is 11.6. The Morgan fingerprint density at radius 2 is 2.12 bits per heavy atom. The summed E-state index contributed by atoms with van der Waals surface area (Å²) < 4.78 is 6.46. The molecule has 3 rings (SSSR count). The van der Waals surface area contributed by atoms with E-state index in [1.54, 1.807) is 22.8 Å². The van der Waals surface area contributed by atoms with Crippen molar-refractivity contribution >= 4 is 40.2 Å². The molecule has 1 aliphatic carbocycles. The molecule has 0 amide bonds. The Hall–Kier alpha value is -1.53. The van der Waals surface area contributed by atoms with E-state index in [2.05, 4.69) is 4.98 Å². The van der Waals surface area contributed by atoms with E-state index in [-0.39, 0.29) is 23.3 Å². The van der Waals surface area contributed by atoms with Gasteiger partial charge in [-0.1, -0.05) is 42.6 Å². The molecule has 1 saturated carbocycles. The zero-order chi connectivity index (χ0) is 17.1. The Labute approximate surface area is 149 Å². The van der Waals surface area contributed by atoms with Crippen molar-refractivity contribution in [3.05, 3.63) is 33.6 Å². The van der Waals surface area contributed by atoms with Crippen LogP contribution in [0, 0.1) is 0 Å². The highest BCUT2D eigenvalue weighted by atomic mass is 35.5. The maximum Gasteiger partial charge on any atom is 0.316 e. The average Bonchev–Trinajstić information content (AvgIpc) is 2.60. The first-order valence-electron chi connectivity index (χ1n) is 8.01. The molecule has 0 unspecified atom stereocenters. The molecule has 5 nitrogen and oxygen atoms in total. The highest BCUT2D eigenvalue weighted by Crippen LogP contribution is 2.31. The molecular formula is C17H19ClN2O3S. The third-order valence-electron chi connectivity index (χ3n) is 4.32. The fourth-order valence-electron chi connectivity index (χ4n) is 3.10. The number of thioether (sulfide) groups is 1. The zero-order valence-corrected chi connectivity index (χ0v) is 15.0. The fraction of sp³-hybridized carbons (Fsp3) is 0.471. The summed E-state index contributed by atoms with van der Waals surface area (Å²) in [5, 5.41) is 1.66. The number of rotatable bonds is 4. The number of carbonyl (C=O) groups excluding carboxylic acids is 1. The molecular weight excluding hydrogens is 348 g/mol. The summed E-state index contributed by atoms with van der Waals surface area (Å²) >= 11 is 7.27. The normalized spacial score (nSPS) is 15.6. The molecule has 7 heteroatoms. The predicted octanol–water partition coefficient (Wildman–Crippen LogP) is 3.82. The lowest BCUT2D eigenvalue weighted by molar-refractivity contribution is -0.137. The minimum absolute atomic E-state index is 0.0593. The summed E-state index contributed by atoms with van der Waals surface area (Å²) in [4.78, 5) is 29.1. The lowest BCUT2D eigenvalue weighted by Crippen LogP contribution is -2.29. The number of hydrogen-bond acceptors (Lipinski definition) is 5. The van der Waals surface area contributed by atoms with Crippen LogP contribution >= 0.6 is 23.4 Å². The van der Waals surface area contributed by atoms with Crippen molar-refractivity contribution in [3.63, 3.8) is 0 Å². The van der Waals surface area contributed by atoms with Crippen molar-refractivity contribution in [1.29, 1.82) is 0 Å². The summed E-state index contributed by atoms with van der Waals surface area (Å²) in [6.45, 7) is 0. The molecule has 0 saturated heterocycles. The van der Waals surface area contributed by atoms with Crippen LogP contribution in [0.4, 0.5) is 0 Å². The van der Waals surface area contributed by atoms with Gasteiger partial charge in [0.15, 0.2) is 5.16 Å². The second-order valence-electron chi connectivity index (χ2n) is 5.89. The third kappa shape index (κ3) is 3.59. The van der Waals surface area contributed by atoms with Crippen LogP contribution in [0.3, 0.4) is 0 Å². The second-order valence-corrected chi connectivity index (χ2v) is 7.27. The van der Waals surface area contributed by atoms with Gasteiger partial charge in [0.25, 0.3) is 5.56 Å². The van der Waals surface area contributed by atoms with Gasteiger partial charge in [0.1, 0.15) is 0 Å². The number of methoxy groups -OCH3 is 1. The van der Waals surface area contributed by atoms with Crippen LogP contribution in [-0.2, 0) is 9.53 Å². The van der Waals surface area contributed by atoms with Gasteiger partial charge in [-0.3, -0.25) is 14.2 Å². The van der Waals surface area contributed by atoms with E-state index < -0.39 is 0 Å². The quantitative estimate of drug-likeness (QED) is 0.467. The smallest absolute Gasteiger partial charge is 0.316 e. The Morgan fingerprint density at radius 1 is 1.38 bits per heavy atom. The van der Waals surface area contributed by atoms with Crippen LogP contribution in [0.2, 0.25) is 5.02 Å². The Kier molecular flexibility index (Phi) is 5.46. The van der Waals surface area contributed by atoms with Gasteiger partial charge in [0.2, 0.25) is 0 Å². The Morgan fingerprint density at radius 3 is 2.83 bits per heavy atom. The largest absolute Gasteiger partial charge is 0.468 e. The number of carbonyl (C=O) groups is 1. The second kappa shape index (κ2) is 7.57. The minimum atomic E-state index is -0.337. The van der Waals surface area contributed by atoms with Crippen LogP contribution in [0.5, 0.6) is 0 Å². The van der Waals surface area contributed by atoms with Crippen LogP contribution in [0.15, 0.2) is 28.2 Å². The van der Waals surface area contributed by atoms with Crippen LogP contribution in [0.1, 0.15) is 38.1 Å². The fourth-order valence-corrected chi connectivity index (χ4v) is 4.16. The molecule has 1 fully saturated rings. The molecule has 1 aromatic heterocycles. The van der Waals surface area contributed by atoms with Gasteiger partial charge >= 0.3 is 5.97 Å². The van der Waals surface area contributed by atoms with E-state index in [0.29, 0.717) is 21.1 Å². The van der Waals surface area contributed by atoms with Crippen LogP contribution in [0.25, 0.3) is 10.9 Å². The van der Waals surface area contributed by atoms with Crippen molar-refractivity contribution in [2.75, 3.05) is 12.9 Å². The molecule has 24 heavy (non-hydrogen) atoms. The first-order valence-corrected chi connectivity index (χ1v) is 9.38. The van der Waals surface area contributed by atoms with E-state index in [0.717, 1.165) is 25.7 Å². The van der Waals surface area contributed by atoms with Gasteiger partial charge in [-0.05, 0) is 31.0 Å². The highest BCUT2D eigenvalue weighted by Gasteiger charge is 2.22. The monoisotopic (exact) mass is 366 g/mol. The number of benzene rings is 1. The molecule has 1 aliphatic rings. The predicted molar refractivity (Wildman–Crippen MR) is 95.9 cm³/mol. The molecule has 2 aromatic rings. The molecule has 1 heterocycles. The third-order valence-corrected chi connectivity index (χ3v) is 5.48. The molecule has 0 radical (unpaired) electrons. The summed E-state index contributed by atoms with van der Waals surface area (Å²) in [6, 6.07) is 5.26. The highest BCUT2D eigenvalue weighted by molar-refractivity contribution is 7.99. The number of aromatic nitrogens is 2. The van der Waals surface area contributed by atoms with E-state index in [1.807, 2.05) is 0 Å². The summed E-state index contributed by atoms with van der Waals surface area (Å²) in [6.07, 6.45) is 5.35. The van der Waals surface area contributed by atoms with Crippen molar-refractivity contribution in [3.8, 4) is 0 Å². The lowest BCUT2D eigenvalue weighted by Gasteiger charge is -2.26. The number of fused-ring (bicyclic) bond motifs is 1. The van der Waals surface area contributed by atoms with Crippen molar-refractivity contribution in [2.24, 2.45) is 0 Å². The summed E-state index contributed by atoms with van der Waals surface area (Å²) in [7, 11) is 1.35. The average molecular weight is 367 g/mol. The van der Waals surface area contributed by atoms with Gasteiger partial charge in [0.05, 0.1) is 23.8 Å². The lowest BCUT2D eigenvalue weighted by atomic mass is 9.95. The molecule has 1 aromatic carbocycles. The maximum atomic E-state index is 13.0. The van der Waals surface area contributed by atoms with E-state index >= 15 is 0 Å². The summed E-state index contributed by atoms with van der Waals surface area (Å²) in [5.74, 6) is -0.211. The van der Waals surface area contributed by atoms with E-state index in [9.17, 15) is 9.59 Å². The molecule has 0 atom stereocenters. The number of ether oxygens (including phenoxy) is 1. The van der Waals surface area contributed by atoms with Gasteiger partial charge in [-0.15, -0.1) is 0 Å². The van der Waals surface area contributed by atoms with Crippen molar-refractivity contribution < 1.29 is 9.53 Å². The van der Waals surface area contributed by atoms with Crippen molar-refractivity contribution in [1.82, 2.24) is 9.55 Å². The number of hydrogen-bond donors (Lipinski definition) is 0. The van der Waals surface area contributed by atoms with Gasteiger partial charge in [-0.2, -0.15) is 0 Å². The zero-order valence-electron chi connectivity index (χ0n) is 13.5. The number of nitrogens with zero attached hydrogens (tertiary/aromatic N) is 2. The molecule has 0 bridgehead atoms. The van der Waals surface area contributed by atoms with Crippen molar-refractivity contribution in [2.45, 2.75) is 43.3 Å². The minimum Gasteiger partial charge on any atom is -0.468 e. The van der Waals surface area contributed by atoms with Gasteiger partial charge in [0, 0.05) is 11.1 Å². The van der Waals surface area contributed by atoms with Crippen LogP contribution in [-0.4, -0.2) is 28.4 Å². The first kappa shape index (κ1) is 17.3. The molecule has 0 aliphatic heterocycles. The summed E-state index contributed by atoms with van der Waals surface area (Å²) in [5.41, 5.74) is 0.503. The topological polar surface area (TPSA) is 61.2 Å². The maximum absolute atomic E-state index is 13.0. The SMILES string of the molecule is COC(=O)CSc1nc2cc(Cl)ccc2c(=O)n1C1CCCCC1. The molecule has 128 valence electrons. The molecule has 0 N–H and O–H groups in total. The Balaban J connectivity index is 2.09. The number of halogens is 1. The van der Waals surface area contributed by atoms with E-state index in [4.69, 9.17) is 16.3 Å². The number of esters is 1.